The van der Waals surface area contributed by atoms with E-state index < -0.39 is 5.97 Å². The second kappa shape index (κ2) is 9.49. The van der Waals surface area contributed by atoms with E-state index in [4.69, 9.17) is 0 Å². The summed E-state index contributed by atoms with van der Waals surface area (Å²) in [4.78, 5) is 11.2. The van der Waals surface area contributed by atoms with Gasteiger partial charge in [-0.25, -0.2) is 0 Å². The average molecular weight is 321 g/mol. The van der Waals surface area contributed by atoms with Crippen molar-refractivity contribution in [3.8, 4) is 0 Å². The Hall–Kier alpha value is -0.790. The first-order valence-electron chi connectivity index (χ1n) is 9.99. The van der Waals surface area contributed by atoms with E-state index in [0.29, 0.717) is 5.92 Å². The zero-order chi connectivity index (χ0) is 16.7. The summed E-state index contributed by atoms with van der Waals surface area (Å²) in [6.07, 6.45) is 17.7. The van der Waals surface area contributed by atoms with Crippen LogP contribution in [-0.4, -0.2) is 11.1 Å². The Balaban J connectivity index is 1.63. The second-order valence-electron chi connectivity index (χ2n) is 8.13. The minimum absolute atomic E-state index is 0.325. The zero-order valence-electron chi connectivity index (χ0n) is 15.0. The molecule has 0 amide bonds. The summed E-state index contributed by atoms with van der Waals surface area (Å²) < 4.78 is 0. The molecule has 2 fully saturated rings. The van der Waals surface area contributed by atoms with Crippen LogP contribution in [-0.2, 0) is 4.79 Å². The molecule has 0 aliphatic heterocycles. The van der Waals surface area contributed by atoms with Crippen LogP contribution in [0.2, 0.25) is 0 Å². The molecule has 2 saturated carbocycles. The molecule has 2 heteroatoms. The van der Waals surface area contributed by atoms with Crippen molar-refractivity contribution in [2.75, 3.05) is 0 Å². The minimum atomic E-state index is -0.688. The lowest BCUT2D eigenvalue weighted by Gasteiger charge is -2.33. The lowest BCUT2D eigenvalue weighted by molar-refractivity contribution is -0.142. The monoisotopic (exact) mass is 320 g/mol. The van der Waals surface area contributed by atoms with Crippen LogP contribution in [0, 0.1) is 29.6 Å². The highest BCUT2D eigenvalue weighted by atomic mass is 16.4. The molecule has 2 nitrogen and oxygen atoms in total. The predicted molar refractivity (Wildman–Crippen MR) is 96.4 cm³/mol. The topological polar surface area (TPSA) is 37.3 Å². The van der Waals surface area contributed by atoms with Crippen molar-refractivity contribution < 1.29 is 9.90 Å². The van der Waals surface area contributed by atoms with E-state index in [1.54, 1.807) is 6.08 Å². The van der Waals surface area contributed by atoms with Crippen molar-refractivity contribution in [3.63, 3.8) is 0 Å². The summed E-state index contributed by atoms with van der Waals surface area (Å²) in [5, 5.41) is 9.25. The van der Waals surface area contributed by atoms with Gasteiger partial charge >= 0.3 is 5.97 Å². The fourth-order valence-electron chi connectivity index (χ4n) is 5.02. The summed E-state index contributed by atoms with van der Waals surface area (Å²) in [6.45, 7) is 6.02. The molecule has 1 unspecified atom stereocenters. The number of aliphatic carboxylic acids is 1. The van der Waals surface area contributed by atoms with E-state index in [9.17, 15) is 9.90 Å². The van der Waals surface area contributed by atoms with Crippen molar-refractivity contribution in [3.05, 3.63) is 12.7 Å². The number of carboxylic acid groups (broad SMARTS) is 1. The molecular weight excluding hydrogens is 284 g/mol. The summed E-state index contributed by atoms with van der Waals surface area (Å²) in [7, 11) is 0. The largest absolute Gasteiger partial charge is 0.481 e. The third kappa shape index (κ3) is 5.65. The van der Waals surface area contributed by atoms with Gasteiger partial charge in [0.05, 0.1) is 5.92 Å². The molecule has 0 heterocycles. The molecule has 1 N–H and O–H groups in total. The van der Waals surface area contributed by atoms with Gasteiger partial charge in [0, 0.05) is 0 Å². The van der Waals surface area contributed by atoms with Crippen LogP contribution in [0.1, 0.15) is 84.0 Å². The van der Waals surface area contributed by atoms with Gasteiger partial charge in [-0.3, -0.25) is 4.79 Å². The molecule has 0 radical (unpaired) electrons. The van der Waals surface area contributed by atoms with Crippen LogP contribution in [0.3, 0.4) is 0 Å². The van der Waals surface area contributed by atoms with Gasteiger partial charge in [0.25, 0.3) is 0 Å². The number of rotatable bonds is 8. The maximum absolute atomic E-state index is 11.2. The Labute approximate surface area is 142 Å². The van der Waals surface area contributed by atoms with Gasteiger partial charge in [-0.1, -0.05) is 77.2 Å². The van der Waals surface area contributed by atoms with E-state index in [1.165, 1.54) is 64.2 Å². The molecule has 0 bridgehead atoms. The smallest absolute Gasteiger partial charge is 0.310 e. The average Bonchev–Trinajstić information content (AvgIpc) is 2.56. The van der Waals surface area contributed by atoms with Gasteiger partial charge < -0.3 is 5.11 Å². The van der Waals surface area contributed by atoms with Gasteiger partial charge in [0.1, 0.15) is 0 Å². The standard InChI is InChI=1S/C21H36O2/c1-3-5-16-6-8-17(9-7-16)10-11-18-12-14-19(15-13-18)20(4-2)21(22)23/h4,16-20H,2-3,5-15H2,1H3,(H,22,23)/t16-,17-,18-,19-,20?. The Morgan fingerprint density at radius 3 is 1.78 bits per heavy atom. The highest BCUT2D eigenvalue weighted by Crippen LogP contribution is 2.39. The second-order valence-corrected chi connectivity index (χ2v) is 8.13. The SMILES string of the molecule is C=CC(C(=O)O)[C@H]1CC[C@H](CC[C@H]2CC[C@H](CCC)CC2)CC1. The highest BCUT2D eigenvalue weighted by molar-refractivity contribution is 5.72. The van der Waals surface area contributed by atoms with E-state index in [1.807, 2.05) is 0 Å². The van der Waals surface area contributed by atoms with Crippen LogP contribution in [0.4, 0.5) is 0 Å². The predicted octanol–water partition coefficient (Wildman–Crippen LogP) is 6.07. The van der Waals surface area contributed by atoms with Gasteiger partial charge in [-0.15, -0.1) is 6.58 Å². The molecule has 2 rings (SSSR count). The Morgan fingerprint density at radius 1 is 0.957 bits per heavy atom. The molecular formula is C21H36O2. The molecule has 0 aromatic carbocycles. The Bertz CT molecular complexity index is 360. The summed E-state index contributed by atoms with van der Waals surface area (Å²) in [5.74, 6) is 2.14. The lowest BCUT2D eigenvalue weighted by atomic mass is 9.72. The van der Waals surface area contributed by atoms with Crippen molar-refractivity contribution >= 4 is 5.97 Å². The van der Waals surface area contributed by atoms with Crippen molar-refractivity contribution in [2.24, 2.45) is 29.6 Å². The van der Waals surface area contributed by atoms with Crippen molar-refractivity contribution in [1.82, 2.24) is 0 Å². The van der Waals surface area contributed by atoms with Gasteiger partial charge in [-0.05, 0) is 36.5 Å². The molecule has 0 aromatic heterocycles. The lowest BCUT2D eigenvalue weighted by Crippen LogP contribution is -2.26. The molecule has 2 aliphatic rings. The molecule has 0 aromatic rings. The molecule has 1 atom stereocenters. The van der Waals surface area contributed by atoms with Crippen molar-refractivity contribution in [1.29, 1.82) is 0 Å². The third-order valence-electron chi connectivity index (χ3n) is 6.58. The van der Waals surface area contributed by atoms with E-state index in [0.717, 1.165) is 30.6 Å². The number of hydrogen-bond donors (Lipinski definition) is 1. The number of carboxylic acids is 1. The number of carbonyl (C=O) groups is 1. The first-order chi connectivity index (χ1) is 11.1. The van der Waals surface area contributed by atoms with Crippen molar-refractivity contribution in [2.45, 2.75) is 84.0 Å². The first-order valence-corrected chi connectivity index (χ1v) is 9.99. The fourth-order valence-corrected chi connectivity index (χ4v) is 5.02. The van der Waals surface area contributed by atoms with Crippen LogP contribution in [0.5, 0.6) is 0 Å². The van der Waals surface area contributed by atoms with E-state index in [2.05, 4.69) is 13.5 Å². The number of hydrogen-bond acceptors (Lipinski definition) is 1. The molecule has 2 aliphatic carbocycles. The highest BCUT2D eigenvalue weighted by Gasteiger charge is 2.30. The van der Waals surface area contributed by atoms with Crippen LogP contribution in [0.15, 0.2) is 12.7 Å². The van der Waals surface area contributed by atoms with Gasteiger partial charge in [-0.2, -0.15) is 0 Å². The summed E-state index contributed by atoms with van der Waals surface area (Å²) in [6, 6.07) is 0. The summed E-state index contributed by atoms with van der Waals surface area (Å²) >= 11 is 0. The summed E-state index contributed by atoms with van der Waals surface area (Å²) in [5.41, 5.74) is 0. The maximum Gasteiger partial charge on any atom is 0.310 e. The van der Waals surface area contributed by atoms with Crippen LogP contribution >= 0.6 is 0 Å². The fraction of sp³-hybridized carbons (Fsp3) is 0.857. The molecule has 0 spiro atoms. The Morgan fingerprint density at radius 2 is 1.39 bits per heavy atom. The van der Waals surface area contributed by atoms with E-state index in [-0.39, 0.29) is 5.92 Å². The molecule has 23 heavy (non-hydrogen) atoms. The van der Waals surface area contributed by atoms with Crippen LogP contribution < -0.4 is 0 Å². The quantitative estimate of drug-likeness (QED) is 0.551. The molecule has 0 saturated heterocycles. The van der Waals surface area contributed by atoms with E-state index >= 15 is 0 Å². The van der Waals surface area contributed by atoms with Gasteiger partial charge in [0.2, 0.25) is 0 Å². The Kier molecular flexibility index (Phi) is 7.65. The first kappa shape index (κ1) is 18.5. The third-order valence-corrected chi connectivity index (χ3v) is 6.58. The van der Waals surface area contributed by atoms with Crippen LogP contribution in [0.25, 0.3) is 0 Å². The van der Waals surface area contributed by atoms with Gasteiger partial charge in [0.15, 0.2) is 0 Å². The molecule has 132 valence electrons. The normalized spacial score (nSPS) is 33.1. The minimum Gasteiger partial charge on any atom is -0.481 e. The zero-order valence-corrected chi connectivity index (χ0v) is 15.0. The maximum atomic E-state index is 11.2.